The van der Waals surface area contributed by atoms with E-state index in [9.17, 15) is 9.18 Å². The van der Waals surface area contributed by atoms with E-state index in [0.29, 0.717) is 12.0 Å². The first-order valence-electron chi connectivity index (χ1n) is 9.70. The number of carbonyl (C=O) groups excluding carboxylic acids is 1. The van der Waals surface area contributed by atoms with Crippen molar-refractivity contribution in [2.45, 2.75) is 45.3 Å². The Balaban J connectivity index is 1.40. The van der Waals surface area contributed by atoms with Gasteiger partial charge >= 0.3 is 0 Å². The number of nitrogens with one attached hydrogen (secondary N) is 1. The van der Waals surface area contributed by atoms with Crippen molar-refractivity contribution in [3.63, 3.8) is 0 Å². The molecule has 4 atom stereocenters. The molecule has 0 radical (unpaired) electrons. The van der Waals surface area contributed by atoms with E-state index >= 15 is 0 Å². The smallest absolute Gasteiger partial charge is 0.224 e. The van der Waals surface area contributed by atoms with Crippen molar-refractivity contribution in [2.75, 3.05) is 13.1 Å². The van der Waals surface area contributed by atoms with Crippen LogP contribution in [0.1, 0.15) is 26.7 Å². The van der Waals surface area contributed by atoms with Crippen LogP contribution in [0.5, 0.6) is 0 Å². The van der Waals surface area contributed by atoms with Crippen molar-refractivity contribution in [3.8, 4) is 11.3 Å². The molecule has 2 bridgehead atoms. The van der Waals surface area contributed by atoms with E-state index in [1.807, 2.05) is 24.7 Å². The first-order chi connectivity index (χ1) is 13.0. The second kappa shape index (κ2) is 7.38. The summed E-state index contributed by atoms with van der Waals surface area (Å²) in [5.41, 5.74) is 1.61. The first-order valence-corrected chi connectivity index (χ1v) is 9.70. The minimum absolute atomic E-state index is 0.0999. The molecular formula is C20H26FN5O. The third-order valence-corrected chi connectivity index (χ3v) is 5.72. The maximum absolute atomic E-state index is 13.1. The molecule has 3 saturated heterocycles. The topological polar surface area (TPSA) is 63.1 Å². The van der Waals surface area contributed by atoms with Crippen LogP contribution in [0.3, 0.4) is 0 Å². The quantitative estimate of drug-likeness (QED) is 0.876. The molecule has 0 spiro atoms. The highest BCUT2D eigenvalue weighted by atomic mass is 19.1. The van der Waals surface area contributed by atoms with Crippen LogP contribution in [0.25, 0.3) is 11.3 Å². The number of nitrogens with zero attached hydrogens (tertiary/aromatic N) is 4. The maximum Gasteiger partial charge on any atom is 0.224 e. The SMILES string of the molecule is CC(C)NC(=O)[C@@H]1CN2CC[C@@H]1C[C@@H]2Cn1cc(-c2ccc(F)cc2)nn1. The lowest BCUT2D eigenvalue weighted by molar-refractivity contribution is -0.133. The van der Waals surface area contributed by atoms with E-state index in [4.69, 9.17) is 0 Å². The molecule has 7 heteroatoms. The molecule has 1 aromatic heterocycles. The molecular weight excluding hydrogens is 345 g/mol. The Morgan fingerprint density at radius 1 is 1.33 bits per heavy atom. The Bertz CT molecular complexity index is 803. The van der Waals surface area contributed by atoms with Gasteiger partial charge in [-0.15, -0.1) is 5.10 Å². The van der Waals surface area contributed by atoms with Crippen LogP contribution >= 0.6 is 0 Å². The van der Waals surface area contributed by atoms with Gasteiger partial charge in [-0.2, -0.15) is 0 Å². The predicted octanol–water partition coefficient (Wildman–Crippen LogP) is 2.32. The van der Waals surface area contributed by atoms with Gasteiger partial charge in [0.05, 0.1) is 18.7 Å². The fraction of sp³-hybridized carbons (Fsp3) is 0.550. The zero-order valence-corrected chi connectivity index (χ0v) is 15.8. The van der Waals surface area contributed by atoms with Crippen molar-refractivity contribution in [1.82, 2.24) is 25.2 Å². The molecule has 1 N–H and O–H groups in total. The van der Waals surface area contributed by atoms with Gasteiger partial charge in [0, 0.05) is 24.2 Å². The Hall–Kier alpha value is -2.28. The minimum Gasteiger partial charge on any atom is -0.354 e. The number of hydrogen-bond donors (Lipinski definition) is 1. The van der Waals surface area contributed by atoms with Crippen molar-refractivity contribution in [2.24, 2.45) is 11.8 Å². The van der Waals surface area contributed by atoms with Gasteiger partial charge in [0.15, 0.2) is 0 Å². The number of rotatable bonds is 5. The molecule has 5 rings (SSSR count). The summed E-state index contributed by atoms with van der Waals surface area (Å²) >= 11 is 0. The molecule has 3 fully saturated rings. The highest BCUT2D eigenvalue weighted by Crippen LogP contribution is 2.37. The van der Waals surface area contributed by atoms with Crippen LogP contribution < -0.4 is 5.32 Å². The van der Waals surface area contributed by atoms with Gasteiger partial charge in [0.2, 0.25) is 5.91 Å². The van der Waals surface area contributed by atoms with Gasteiger partial charge in [0.25, 0.3) is 0 Å². The third-order valence-electron chi connectivity index (χ3n) is 5.72. The average Bonchev–Trinajstić information content (AvgIpc) is 3.10. The van der Waals surface area contributed by atoms with Gasteiger partial charge < -0.3 is 5.32 Å². The van der Waals surface area contributed by atoms with Crippen LogP contribution in [0.15, 0.2) is 30.5 Å². The van der Waals surface area contributed by atoms with Gasteiger partial charge in [-0.3, -0.25) is 14.4 Å². The second-order valence-corrected chi connectivity index (χ2v) is 8.04. The van der Waals surface area contributed by atoms with Crippen LogP contribution in [-0.2, 0) is 11.3 Å². The molecule has 6 nitrogen and oxygen atoms in total. The van der Waals surface area contributed by atoms with E-state index in [-0.39, 0.29) is 23.7 Å². The van der Waals surface area contributed by atoms with Crippen LogP contribution in [0.2, 0.25) is 0 Å². The molecule has 0 saturated carbocycles. The van der Waals surface area contributed by atoms with E-state index in [1.165, 1.54) is 12.1 Å². The number of carbonyl (C=O) groups is 1. The average molecular weight is 371 g/mol. The first kappa shape index (κ1) is 18.1. The van der Waals surface area contributed by atoms with E-state index in [1.54, 1.807) is 12.1 Å². The third kappa shape index (κ3) is 3.88. The highest BCUT2D eigenvalue weighted by molar-refractivity contribution is 5.79. The lowest BCUT2D eigenvalue weighted by Gasteiger charge is -2.49. The monoisotopic (exact) mass is 371 g/mol. The van der Waals surface area contributed by atoms with Gasteiger partial charge in [0.1, 0.15) is 11.5 Å². The van der Waals surface area contributed by atoms with Crippen LogP contribution in [0.4, 0.5) is 4.39 Å². The Morgan fingerprint density at radius 2 is 2.11 bits per heavy atom. The molecule has 144 valence electrons. The molecule has 0 aliphatic carbocycles. The molecule has 27 heavy (non-hydrogen) atoms. The Kier molecular flexibility index (Phi) is 4.95. The standard InChI is InChI=1S/C20H26FN5O/c1-13(2)22-20(27)18-11-25-8-7-15(18)9-17(25)10-26-12-19(23-24-26)14-3-5-16(21)6-4-14/h3-6,12-13,15,17-18H,7-11H2,1-2H3,(H,22,27)/t15-,17-,18-/m1/s1. The summed E-state index contributed by atoms with van der Waals surface area (Å²) in [5, 5.41) is 11.5. The molecule has 1 unspecified atom stereocenters. The van der Waals surface area contributed by atoms with E-state index in [0.717, 1.165) is 43.7 Å². The summed E-state index contributed by atoms with van der Waals surface area (Å²) in [6.07, 6.45) is 4.02. The van der Waals surface area contributed by atoms with Crippen LogP contribution in [-0.4, -0.2) is 51.0 Å². The van der Waals surface area contributed by atoms with Crippen molar-refractivity contribution >= 4 is 5.91 Å². The number of aromatic nitrogens is 3. The number of fused-ring (bicyclic) bond motifs is 3. The maximum atomic E-state index is 13.1. The van der Waals surface area contributed by atoms with Gasteiger partial charge in [-0.25, -0.2) is 4.39 Å². The fourth-order valence-electron chi connectivity index (χ4n) is 4.37. The van der Waals surface area contributed by atoms with Crippen LogP contribution in [0, 0.1) is 17.7 Å². The zero-order valence-electron chi connectivity index (χ0n) is 15.8. The second-order valence-electron chi connectivity index (χ2n) is 8.04. The summed E-state index contributed by atoms with van der Waals surface area (Å²) < 4.78 is 15.0. The summed E-state index contributed by atoms with van der Waals surface area (Å²) in [6.45, 7) is 6.65. The molecule has 2 aromatic rings. The summed E-state index contributed by atoms with van der Waals surface area (Å²) in [7, 11) is 0. The van der Waals surface area contributed by atoms with Crippen molar-refractivity contribution in [1.29, 1.82) is 0 Å². The fourth-order valence-corrected chi connectivity index (χ4v) is 4.37. The van der Waals surface area contributed by atoms with Gasteiger partial charge in [-0.1, -0.05) is 5.21 Å². The lowest BCUT2D eigenvalue weighted by Crippen LogP contribution is -2.58. The predicted molar refractivity (Wildman–Crippen MR) is 100 cm³/mol. The normalized spacial score (nSPS) is 27.1. The molecule has 3 aliphatic rings. The number of amides is 1. The van der Waals surface area contributed by atoms with Crippen molar-refractivity contribution in [3.05, 3.63) is 36.3 Å². The number of halogens is 1. The van der Waals surface area contributed by atoms with E-state index in [2.05, 4.69) is 20.5 Å². The highest BCUT2D eigenvalue weighted by Gasteiger charge is 2.43. The van der Waals surface area contributed by atoms with Gasteiger partial charge in [-0.05, 0) is 63.4 Å². The largest absolute Gasteiger partial charge is 0.354 e. The minimum atomic E-state index is -0.256. The molecule has 1 amide bonds. The Labute approximate surface area is 158 Å². The Morgan fingerprint density at radius 3 is 2.78 bits per heavy atom. The summed E-state index contributed by atoms with van der Waals surface area (Å²) in [6, 6.07) is 6.87. The summed E-state index contributed by atoms with van der Waals surface area (Å²) in [5.74, 6) is 0.479. The zero-order chi connectivity index (χ0) is 19.0. The molecule has 1 aromatic carbocycles. The number of benzene rings is 1. The molecule has 3 aliphatic heterocycles. The molecule has 4 heterocycles. The lowest BCUT2D eigenvalue weighted by atomic mass is 9.75. The summed E-state index contributed by atoms with van der Waals surface area (Å²) in [4.78, 5) is 14.9. The van der Waals surface area contributed by atoms with E-state index < -0.39 is 0 Å². The number of piperidine rings is 3. The van der Waals surface area contributed by atoms with Crippen molar-refractivity contribution < 1.29 is 9.18 Å². The number of hydrogen-bond acceptors (Lipinski definition) is 4.